The number of piperazine rings is 1. The van der Waals surface area contributed by atoms with Crippen LogP contribution < -0.4 is 5.73 Å². The number of nitrogen functional groups attached to an aromatic ring is 1. The van der Waals surface area contributed by atoms with Crippen molar-refractivity contribution in [1.82, 2.24) is 9.80 Å². The standard InChI is InChI=1S/C18H21N3O2/c1-20-14-5-6-15(20)11-21(10-14)18(22)17-8-7-16(23-17)12-3-2-4-13(19)9-12/h2-4,7-9,14-15H,5-6,10-11,19H2,1H3. The van der Waals surface area contributed by atoms with E-state index in [0.29, 0.717) is 29.3 Å². The molecule has 2 aromatic rings. The van der Waals surface area contributed by atoms with Crippen molar-refractivity contribution in [3.05, 3.63) is 42.2 Å². The number of carbonyl (C=O) groups excluding carboxylic acids is 1. The average Bonchev–Trinajstić information content (AvgIpc) is 3.09. The van der Waals surface area contributed by atoms with Gasteiger partial charge in [0.15, 0.2) is 5.76 Å². The molecular formula is C18H21N3O2. The Bertz CT molecular complexity index is 725. The molecule has 3 heterocycles. The van der Waals surface area contributed by atoms with Gasteiger partial charge < -0.3 is 15.1 Å². The summed E-state index contributed by atoms with van der Waals surface area (Å²) in [7, 11) is 2.16. The van der Waals surface area contributed by atoms with Gasteiger partial charge in [0, 0.05) is 36.4 Å². The molecule has 4 rings (SSSR count). The number of rotatable bonds is 2. The van der Waals surface area contributed by atoms with E-state index in [9.17, 15) is 4.79 Å². The second kappa shape index (κ2) is 5.42. The second-order valence-electron chi connectivity index (χ2n) is 6.55. The molecule has 2 N–H and O–H groups in total. The molecule has 0 radical (unpaired) electrons. The van der Waals surface area contributed by atoms with E-state index in [2.05, 4.69) is 11.9 Å². The van der Waals surface area contributed by atoms with E-state index in [0.717, 1.165) is 18.7 Å². The number of nitrogens with two attached hydrogens (primary N) is 1. The average molecular weight is 311 g/mol. The zero-order chi connectivity index (χ0) is 16.0. The normalized spacial score (nSPS) is 24.1. The van der Waals surface area contributed by atoms with Gasteiger partial charge in [0.1, 0.15) is 5.76 Å². The third kappa shape index (κ3) is 2.51. The first-order valence-corrected chi connectivity index (χ1v) is 8.09. The Hall–Kier alpha value is -2.27. The van der Waals surface area contributed by atoms with Crippen LogP contribution in [0.15, 0.2) is 40.8 Å². The molecule has 2 atom stereocenters. The molecule has 2 bridgehead atoms. The van der Waals surface area contributed by atoms with Crippen molar-refractivity contribution in [3.63, 3.8) is 0 Å². The number of furan rings is 1. The van der Waals surface area contributed by atoms with Gasteiger partial charge in [-0.05, 0) is 44.2 Å². The summed E-state index contributed by atoms with van der Waals surface area (Å²) < 4.78 is 5.80. The minimum Gasteiger partial charge on any atom is -0.451 e. The van der Waals surface area contributed by atoms with Gasteiger partial charge in [-0.2, -0.15) is 0 Å². The SMILES string of the molecule is CN1C2CCC1CN(C(=O)c1ccc(-c3cccc(N)c3)o1)C2. The highest BCUT2D eigenvalue weighted by Crippen LogP contribution is 2.30. The number of amides is 1. The Balaban J connectivity index is 1.54. The monoisotopic (exact) mass is 311 g/mol. The molecule has 5 heteroatoms. The van der Waals surface area contributed by atoms with Gasteiger partial charge in [0.05, 0.1) is 0 Å². The van der Waals surface area contributed by atoms with Gasteiger partial charge in [-0.15, -0.1) is 0 Å². The summed E-state index contributed by atoms with van der Waals surface area (Å²) in [4.78, 5) is 17.1. The van der Waals surface area contributed by atoms with Crippen LogP contribution in [0.5, 0.6) is 0 Å². The number of hydrogen-bond donors (Lipinski definition) is 1. The number of anilines is 1. The maximum atomic E-state index is 12.7. The summed E-state index contributed by atoms with van der Waals surface area (Å²) in [5.74, 6) is 1.08. The lowest BCUT2D eigenvalue weighted by Crippen LogP contribution is -2.53. The fourth-order valence-corrected chi connectivity index (χ4v) is 3.74. The number of hydrogen-bond acceptors (Lipinski definition) is 4. The summed E-state index contributed by atoms with van der Waals surface area (Å²) in [5, 5.41) is 0. The van der Waals surface area contributed by atoms with Crippen LogP contribution in [0.25, 0.3) is 11.3 Å². The molecule has 0 saturated carbocycles. The Labute approximate surface area is 135 Å². The Morgan fingerprint density at radius 3 is 2.61 bits per heavy atom. The van der Waals surface area contributed by atoms with E-state index < -0.39 is 0 Å². The molecule has 0 aliphatic carbocycles. The van der Waals surface area contributed by atoms with Crippen molar-refractivity contribution in [2.75, 3.05) is 25.9 Å². The summed E-state index contributed by atoms with van der Waals surface area (Å²) in [6, 6.07) is 12.1. The number of carbonyl (C=O) groups is 1. The van der Waals surface area contributed by atoms with Gasteiger partial charge in [0.2, 0.25) is 0 Å². The van der Waals surface area contributed by atoms with E-state index >= 15 is 0 Å². The Morgan fingerprint density at radius 1 is 1.17 bits per heavy atom. The highest BCUT2D eigenvalue weighted by molar-refractivity contribution is 5.92. The maximum absolute atomic E-state index is 12.7. The van der Waals surface area contributed by atoms with Crippen LogP contribution in [0.2, 0.25) is 0 Å². The Kier molecular flexibility index (Phi) is 3.38. The molecular weight excluding hydrogens is 290 g/mol. The molecule has 5 nitrogen and oxygen atoms in total. The molecule has 1 aromatic heterocycles. The Morgan fingerprint density at radius 2 is 1.91 bits per heavy atom. The predicted octanol–water partition coefficient (Wildman–Crippen LogP) is 2.45. The highest BCUT2D eigenvalue weighted by Gasteiger charge is 2.39. The predicted molar refractivity (Wildman–Crippen MR) is 89.0 cm³/mol. The number of benzene rings is 1. The second-order valence-corrected chi connectivity index (χ2v) is 6.55. The molecule has 2 aliphatic heterocycles. The number of nitrogens with zero attached hydrogens (tertiary/aromatic N) is 2. The first-order chi connectivity index (χ1) is 11.1. The summed E-state index contributed by atoms with van der Waals surface area (Å²) >= 11 is 0. The molecule has 2 fully saturated rings. The highest BCUT2D eigenvalue weighted by atomic mass is 16.4. The van der Waals surface area contributed by atoms with Gasteiger partial charge in [0.25, 0.3) is 5.91 Å². The summed E-state index contributed by atoms with van der Waals surface area (Å²) in [5.41, 5.74) is 7.38. The minimum atomic E-state index is -0.00912. The van der Waals surface area contributed by atoms with Crippen LogP contribution in [0.1, 0.15) is 23.4 Å². The lowest BCUT2D eigenvalue weighted by molar-refractivity contribution is 0.0496. The number of likely N-dealkylation sites (tertiary alicyclic amines) is 1. The third-order valence-electron chi connectivity index (χ3n) is 5.12. The van der Waals surface area contributed by atoms with Gasteiger partial charge >= 0.3 is 0 Å². The maximum Gasteiger partial charge on any atom is 0.289 e. The molecule has 2 aliphatic rings. The molecule has 2 unspecified atom stereocenters. The fraction of sp³-hybridized carbons (Fsp3) is 0.389. The fourth-order valence-electron chi connectivity index (χ4n) is 3.74. The van der Waals surface area contributed by atoms with Crippen LogP contribution >= 0.6 is 0 Å². The molecule has 2 saturated heterocycles. The molecule has 1 aromatic carbocycles. The quantitative estimate of drug-likeness (QED) is 0.865. The lowest BCUT2D eigenvalue weighted by Gasteiger charge is -2.38. The first kappa shape index (κ1) is 14.3. The minimum absolute atomic E-state index is 0.00912. The van der Waals surface area contributed by atoms with Crippen LogP contribution in [-0.4, -0.2) is 47.9 Å². The van der Waals surface area contributed by atoms with Crippen molar-refractivity contribution in [2.24, 2.45) is 0 Å². The molecule has 120 valence electrons. The van der Waals surface area contributed by atoms with Gasteiger partial charge in [-0.25, -0.2) is 0 Å². The first-order valence-electron chi connectivity index (χ1n) is 8.09. The summed E-state index contributed by atoms with van der Waals surface area (Å²) in [6.07, 6.45) is 2.36. The zero-order valence-corrected chi connectivity index (χ0v) is 13.2. The smallest absolute Gasteiger partial charge is 0.289 e. The van der Waals surface area contributed by atoms with Crippen LogP contribution in [0.3, 0.4) is 0 Å². The number of fused-ring (bicyclic) bond motifs is 2. The molecule has 1 amide bonds. The van der Waals surface area contributed by atoms with E-state index in [1.807, 2.05) is 35.2 Å². The third-order valence-corrected chi connectivity index (χ3v) is 5.12. The van der Waals surface area contributed by atoms with E-state index in [-0.39, 0.29) is 5.91 Å². The van der Waals surface area contributed by atoms with Crippen molar-refractivity contribution in [1.29, 1.82) is 0 Å². The summed E-state index contributed by atoms with van der Waals surface area (Å²) in [6.45, 7) is 1.58. The zero-order valence-electron chi connectivity index (χ0n) is 13.2. The van der Waals surface area contributed by atoms with Crippen molar-refractivity contribution in [2.45, 2.75) is 24.9 Å². The molecule has 23 heavy (non-hydrogen) atoms. The van der Waals surface area contributed by atoms with Crippen LogP contribution in [0, 0.1) is 0 Å². The van der Waals surface area contributed by atoms with Crippen molar-refractivity contribution >= 4 is 11.6 Å². The van der Waals surface area contributed by atoms with E-state index in [4.69, 9.17) is 10.2 Å². The van der Waals surface area contributed by atoms with Gasteiger partial charge in [-0.3, -0.25) is 9.69 Å². The number of likely N-dealkylation sites (N-methyl/N-ethyl adjacent to an activating group) is 1. The van der Waals surface area contributed by atoms with Crippen molar-refractivity contribution in [3.8, 4) is 11.3 Å². The van der Waals surface area contributed by atoms with Gasteiger partial charge in [-0.1, -0.05) is 12.1 Å². The largest absolute Gasteiger partial charge is 0.451 e. The van der Waals surface area contributed by atoms with Crippen molar-refractivity contribution < 1.29 is 9.21 Å². The van der Waals surface area contributed by atoms with E-state index in [1.54, 1.807) is 6.07 Å². The lowest BCUT2D eigenvalue weighted by atomic mass is 10.1. The van der Waals surface area contributed by atoms with Crippen LogP contribution in [-0.2, 0) is 0 Å². The topological polar surface area (TPSA) is 62.7 Å². The molecule has 0 spiro atoms. The van der Waals surface area contributed by atoms with E-state index in [1.165, 1.54) is 12.8 Å². The van der Waals surface area contributed by atoms with Crippen LogP contribution in [0.4, 0.5) is 5.69 Å².